The number of anilines is 1. The number of hydrogen-bond acceptors (Lipinski definition) is 4. The molecule has 0 aliphatic heterocycles. The lowest BCUT2D eigenvalue weighted by Crippen LogP contribution is -2.00. The minimum absolute atomic E-state index is 0.290. The fourth-order valence-electron chi connectivity index (χ4n) is 1.12. The van der Waals surface area contributed by atoms with E-state index in [9.17, 15) is 0 Å². The molecule has 12 heavy (non-hydrogen) atoms. The molecule has 0 saturated carbocycles. The summed E-state index contributed by atoms with van der Waals surface area (Å²) in [6.45, 7) is 2.01. The molecule has 2 aromatic heterocycles. The van der Waals surface area contributed by atoms with E-state index in [2.05, 4.69) is 15.1 Å². The van der Waals surface area contributed by atoms with Crippen molar-refractivity contribution < 1.29 is 0 Å². The highest BCUT2D eigenvalue weighted by molar-refractivity contribution is 5.40. The molecule has 0 aliphatic carbocycles. The normalized spacial score (nSPS) is 10.8. The van der Waals surface area contributed by atoms with Crippen LogP contribution in [0.1, 0.15) is 12.7 Å². The molecule has 0 saturated heterocycles. The molecule has 0 fully saturated rings. The van der Waals surface area contributed by atoms with Crippen molar-refractivity contribution in [3.05, 3.63) is 18.1 Å². The maximum absolute atomic E-state index is 5.44. The van der Waals surface area contributed by atoms with Gasteiger partial charge in [-0.2, -0.15) is 9.50 Å². The van der Waals surface area contributed by atoms with E-state index < -0.39 is 0 Å². The van der Waals surface area contributed by atoms with Crippen LogP contribution in [0, 0.1) is 0 Å². The predicted octanol–water partition coefficient (Wildman–Crippen LogP) is 0.269. The fraction of sp³-hybridized carbons (Fsp3) is 0.286. The second kappa shape index (κ2) is 2.44. The maximum Gasteiger partial charge on any atom is 0.240 e. The first-order valence-corrected chi connectivity index (χ1v) is 3.77. The van der Waals surface area contributed by atoms with Crippen LogP contribution in [-0.4, -0.2) is 19.6 Å². The highest BCUT2D eigenvalue weighted by Crippen LogP contribution is 2.03. The van der Waals surface area contributed by atoms with Crippen molar-refractivity contribution in [2.24, 2.45) is 0 Å². The SMILES string of the molecule is CCc1nccc2nc(N)nn12. The van der Waals surface area contributed by atoms with E-state index in [1.807, 2.05) is 6.92 Å². The highest BCUT2D eigenvalue weighted by atomic mass is 15.3. The summed E-state index contributed by atoms with van der Waals surface area (Å²) >= 11 is 0. The van der Waals surface area contributed by atoms with Crippen molar-refractivity contribution in [3.63, 3.8) is 0 Å². The molecule has 5 heteroatoms. The van der Waals surface area contributed by atoms with E-state index in [1.165, 1.54) is 0 Å². The van der Waals surface area contributed by atoms with Gasteiger partial charge in [-0.05, 0) is 0 Å². The first-order valence-electron chi connectivity index (χ1n) is 3.77. The minimum Gasteiger partial charge on any atom is -0.366 e. The van der Waals surface area contributed by atoms with Crippen molar-refractivity contribution in [2.75, 3.05) is 5.73 Å². The fourth-order valence-corrected chi connectivity index (χ4v) is 1.12. The van der Waals surface area contributed by atoms with Crippen LogP contribution in [0.2, 0.25) is 0 Å². The molecule has 0 spiro atoms. The largest absolute Gasteiger partial charge is 0.366 e. The van der Waals surface area contributed by atoms with Gasteiger partial charge < -0.3 is 5.73 Å². The number of hydrogen-bond donors (Lipinski definition) is 1. The van der Waals surface area contributed by atoms with E-state index in [0.717, 1.165) is 17.9 Å². The Kier molecular flexibility index (Phi) is 1.43. The number of nitrogen functional groups attached to an aromatic ring is 1. The molecule has 62 valence electrons. The van der Waals surface area contributed by atoms with E-state index in [1.54, 1.807) is 16.8 Å². The van der Waals surface area contributed by atoms with Crippen molar-refractivity contribution >= 4 is 11.6 Å². The molecule has 0 amide bonds. The average Bonchev–Trinajstić information content (AvgIpc) is 2.44. The van der Waals surface area contributed by atoms with Crippen LogP contribution in [0.15, 0.2) is 12.3 Å². The number of aromatic nitrogens is 4. The molecule has 2 N–H and O–H groups in total. The zero-order valence-corrected chi connectivity index (χ0v) is 6.73. The lowest BCUT2D eigenvalue weighted by atomic mass is 10.4. The summed E-state index contributed by atoms with van der Waals surface area (Å²) in [5, 5.41) is 4.00. The van der Waals surface area contributed by atoms with Gasteiger partial charge >= 0.3 is 0 Å². The van der Waals surface area contributed by atoms with E-state index in [-0.39, 0.29) is 5.95 Å². The number of fused-ring (bicyclic) bond motifs is 1. The summed E-state index contributed by atoms with van der Waals surface area (Å²) in [5.74, 6) is 1.16. The quantitative estimate of drug-likeness (QED) is 0.655. The lowest BCUT2D eigenvalue weighted by molar-refractivity contribution is 0.814. The minimum atomic E-state index is 0.290. The Hall–Kier alpha value is -1.65. The van der Waals surface area contributed by atoms with Crippen molar-refractivity contribution in [1.82, 2.24) is 19.6 Å². The van der Waals surface area contributed by atoms with Gasteiger partial charge in [-0.15, -0.1) is 5.10 Å². The van der Waals surface area contributed by atoms with Crippen molar-refractivity contribution in [3.8, 4) is 0 Å². The Morgan fingerprint density at radius 3 is 3.17 bits per heavy atom. The summed E-state index contributed by atoms with van der Waals surface area (Å²) < 4.78 is 1.66. The molecular weight excluding hydrogens is 154 g/mol. The van der Waals surface area contributed by atoms with Crippen molar-refractivity contribution in [2.45, 2.75) is 13.3 Å². The van der Waals surface area contributed by atoms with Gasteiger partial charge in [0.25, 0.3) is 0 Å². The van der Waals surface area contributed by atoms with Crippen molar-refractivity contribution in [1.29, 1.82) is 0 Å². The first kappa shape index (κ1) is 7.02. The molecule has 0 unspecified atom stereocenters. The number of nitrogens with two attached hydrogens (primary N) is 1. The van der Waals surface area contributed by atoms with Crippen LogP contribution in [0.25, 0.3) is 5.65 Å². The first-order chi connectivity index (χ1) is 5.81. The molecule has 5 nitrogen and oxygen atoms in total. The Morgan fingerprint density at radius 2 is 2.42 bits per heavy atom. The third-order valence-electron chi connectivity index (χ3n) is 1.66. The Labute approximate surface area is 69.2 Å². The molecule has 2 heterocycles. The zero-order valence-electron chi connectivity index (χ0n) is 6.73. The van der Waals surface area contributed by atoms with Crippen LogP contribution in [0.4, 0.5) is 5.95 Å². The van der Waals surface area contributed by atoms with Crippen LogP contribution in [-0.2, 0) is 6.42 Å². The van der Waals surface area contributed by atoms with Gasteiger partial charge in [0.2, 0.25) is 5.95 Å². The van der Waals surface area contributed by atoms with Gasteiger partial charge in [-0.1, -0.05) is 6.92 Å². The zero-order chi connectivity index (χ0) is 8.55. The molecule has 2 aromatic rings. The summed E-state index contributed by atoms with van der Waals surface area (Å²) in [5.41, 5.74) is 6.19. The van der Waals surface area contributed by atoms with Crippen LogP contribution < -0.4 is 5.73 Å². The van der Waals surface area contributed by atoms with E-state index in [4.69, 9.17) is 5.73 Å². The average molecular weight is 163 g/mol. The maximum atomic E-state index is 5.44. The van der Waals surface area contributed by atoms with E-state index >= 15 is 0 Å². The molecule has 0 radical (unpaired) electrons. The van der Waals surface area contributed by atoms with Crippen LogP contribution in [0.5, 0.6) is 0 Å². The predicted molar refractivity (Wildman–Crippen MR) is 44.6 cm³/mol. The standard InChI is InChI=1S/C7H9N5/c1-2-5-9-4-3-6-10-7(8)11-12(5)6/h3-4H,2H2,1H3,(H2,8,11). The van der Waals surface area contributed by atoms with Gasteiger partial charge in [-0.25, -0.2) is 4.98 Å². The Balaban J connectivity index is 2.78. The molecule has 0 bridgehead atoms. The second-order valence-electron chi connectivity index (χ2n) is 2.45. The summed E-state index contributed by atoms with van der Waals surface area (Å²) in [6, 6.07) is 1.78. The number of aryl methyl sites for hydroxylation is 1. The number of rotatable bonds is 1. The Morgan fingerprint density at radius 1 is 1.58 bits per heavy atom. The molecule has 0 atom stereocenters. The highest BCUT2D eigenvalue weighted by Gasteiger charge is 2.02. The lowest BCUT2D eigenvalue weighted by Gasteiger charge is -1.96. The molecule has 0 aliphatic rings. The Bertz CT molecular complexity index is 405. The molecule has 0 aromatic carbocycles. The second-order valence-corrected chi connectivity index (χ2v) is 2.45. The van der Waals surface area contributed by atoms with Gasteiger partial charge in [-0.3, -0.25) is 0 Å². The third-order valence-corrected chi connectivity index (χ3v) is 1.66. The summed E-state index contributed by atoms with van der Waals surface area (Å²) in [7, 11) is 0. The van der Waals surface area contributed by atoms with Gasteiger partial charge in [0.05, 0.1) is 0 Å². The van der Waals surface area contributed by atoms with Crippen LogP contribution >= 0.6 is 0 Å². The van der Waals surface area contributed by atoms with E-state index in [0.29, 0.717) is 0 Å². The molecule has 2 rings (SSSR count). The van der Waals surface area contributed by atoms with Gasteiger partial charge in [0, 0.05) is 18.7 Å². The number of nitrogens with zero attached hydrogens (tertiary/aromatic N) is 4. The summed E-state index contributed by atoms with van der Waals surface area (Å²) in [6.07, 6.45) is 2.53. The summed E-state index contributed by atoms with van der Waals surface area (Å²) in [4.78, 5) is 8.16. The third kappa shape index (κ3) is 0.903. The smallest absolute Gasteiger partial charge is 0.240 e. The molecular formula is C7H9N5. The van der Waals surface area contributed by atoms with Gasteiger partial charge in [0.1, 0.15) is 5.82 Å². The monoisotopic (exact) mass is 163 g/mol. The van der Waals surface area contributed by atoms with Gasteiger partial charge in [0.15, 0.2) is 5.65 Å². The van der Waals surface area contributed by atoms with Crippen LogP contribution in [0.3, 0.4) is 0 Å². The topological polar surface area (TPSA) is 69.1 Å².